The van der Waals surface area contributed by atoms with Crippen LogP contribution in [0, 0.1) is 6.92 Å². The highest BCUT2D eigenvalue weighted by atomic mass is 32.2. The van der Waals surface area contributed by atoms with Gasteiger partial charge in [-0.1, -0.05) is 6.07 Å². The maximum Gasteiger partial charge on any atom is 0.241 e. The van der Waals surface area contributed by atoms with Crippen molar-refractivity contribution in [3.05, 3.63) is 23.8 Å². The number of aryl methyl sites for hydroxylation is 1. The van der Waals surface area contributed by atoms with Crippen molar-refractivity contribution >= 4 is 10.0 Å². The number of ether oxygens (including phenoxy) is 2. The fourth-order valence-electron chi connectivity index (χ4n) is 1.46. The quantitative estimate of drug-likeness (QED) is 0.838. The summed E-state index contributed by atoms with van der Waals surface area (Å²) in [6.07, 6.45) is 0. The molecular weight excluding hydrogens is 266 g/mol. The molecule has 0 aromatic heterocycles. The van der Waals surface area contributed by atoms with E-state index in [1.54, 1.807) is 19.1 Å². The van der Waals surface area contributed by atoms with E-state index in [9.17, 15) is 8.42 Å². The Morgan fingerprint density at radius 1 is 1.21 bits per heavy atom. The van der Waals surface area contributed by atoms with Gasteiger partial charge >= 0.3 is 0 Å². The van der Waals surface area contributed by atoms with Crippen LogP contribution in [0.1, 0.15) is 26.3 Å². The van der Waals surface area contributed by atoms with Gasteiger partial charge in [0, 0.05) is 0 Å². The number of nitrogens with two attached hydrogens (primary N) is 1. The molecule has 0 aliphatic rings. The van der Waals surface area contributed by atoms with Crippen LogP contribution in [0.15, 0.2) is 23.1 Å². The van der Waals surface area contributed by atoms with Crippen LogP contribution in [0.5, 0.6) is 5.75 Å². The molecule has 0 bridgehead atoms. The lowest BCUT2D eigenvalue weighted by Gasteiger charge is -2.19. The summed E-state index contributed by atoms with van der Waals surface area (Å²) in [5.74, 6) is 0.255. The van der Waals surface area contributed by atoms with Gasteiger partial charge in [-0.3, -0.25) is 0 Å². The summed E-state index contributed by atoms with van der Waals surface area (Å²) in [5, 5.41) is 5.16. The third-order valence-corrected chi connectivity index (χ3v) is 3.21. The predicted octanol–water partition coefficient (Wildman–Crippen LogP) is 1.84. The largest absolute Gasteiger partial charge is 0.490 e. The molecule has 0 fully saturated rings. The number of hydrogen-bond acceptors (Lipinski definition) is 4. The smallest absolute Gasteiger partial charge is 0.241 e. The summed E-state index contributed by atoms with van der Waals surface area (Å²) < 4.78 is 33.9. The number of primary sulfonamides is 1. The minimum atomic E-state index is -3.79. The summed E-state index contributed by atoms with van der Waals surface area (Å²) in [5.41, 5.74) is 0.557. The second-order valence-electron chi connectivity index (χ2n) is 5.30. The monoisotopic (exact) mass is 287 g/mol. The molecule has 0 spiro atoms. The Bertz CT molecular complexity index is 532. The Morgan fingerprint density at radius 3 is 2.37 bits per heavy atom. The van der Waals surface area contributed by atoms with Crippen molar-refractivity contribution in [1.82, 2.24) is 0 Å². The van der Waals surface area contributed by atoms with Crippen molar-refractivity contribution in [2.45, 2.75) is 38.2 Å². The van der Waals surface area contributed by atoms with E-state index in [-0.39, 0.29) is 22.9 Å². The average Bonchev–Trinajstić information content (AvgIpc) is 2.23. The minimum absolute atomic E-state index is 0.00302. The SMILES string of the molecule is Cc1ccc(OCCOC(C)(C)C)c(S(N)(=O)=O)c1. The van der Waals surface area contributed by atoms with Crippen molar-refractivity contribution in [3.63, 3.8) is 0 Å². The van der Waals surface area contributed by atoms with Crippen molar-refractivity contribution < 1.29 is 17.9 Å². The molecule has 0 aliphatic heterocycles. The van der Waals surface area contributed by atoms with E-state index in [0.29, 0.717) is 6.61 Å². The Morgan fingerprint density at radius 2 is 1.84 bits per heavy atom. The lowest BCUT2D eigenvalue weighted by Crippen LogP contribution is -2.23. The Kier molecular flexibility index (Phi) is 4.95. The van der Waals surface area contributed by atoms with Crippen LogP contribution >= 0.6 is 0 Å². The van der Waals surface area contributed by atoms with Crippen molar-refractivity contribution in [2.75, 3.05) is 13.2 Å². The first-order valence-corrected chi connectivity index (χ1v) is 7.54. The lowest BCUT2D eigenvalue weighted by molar-refractivity contribution is -0.0166. The summed E-state index contributed by atoms with van der Waals surface area (Å²) in [4.78, 5) is 0.00302. The standard InChI is InChI=1S/C13H21NO4S/c1-10-5-6-11(12(9-10)19(14,15)16)17-7-8-18-13(2,3)4/h5-6,9H,7-8H2,1-4H3,(H2,14,15,16). The van der Waals surface area contributed by atoms with Gasteiger partial charge in [0.2, 0.25) is 10.0 Å². The normalized spacial score (nSPS) is 12.5. The molecule has 19 heavy (non-hydrogen) atoms. The highest BCUT2D eigenvalue weighted by molar-refractivity contribution is 7.89. The van der Waals surface area contributed by atoms with Crippen molar-refractivity contribution in [1.29, 1.82) is 0 Å². The van der Waals surface area contributed by atoms with E-state index in [1.807, 2.05) is 20.8 Å². The van der Waals surface area contributed by atoms with E-state index in [1.165, 1.54) is 6.07 Å². The van der Waals surface area contributed by atoms with E-state index in [0.717, 1.165) is 5.56 Å². The summed E-state index contributed by atoms with van der Waals surface area (Å²) in [7, 11) is -3.79. The lowest BCUT2D eigenvalue weighted by atomic mass is 10.2. The molecule has 0 saturated heterocycles. The van der Waals surface area contributed by atoms with E-state index < -0.39 is 10.0 Å². The summed E-state index contributed by atoms with van der Waals surface area (Å²) in [6.45, 7) is 8.25. The summed E-state index contributed by atoms with van der Waals surface area (Å²) in [6, 6.07) is 4.87. The average molecular weight is 287 g/mol. The second-order valence-corrected chi connectivity index (χ2v) is 6.83. The molecule has 1 aromatic carbocycles. The number of rotatable bonds is 5. The maximum absolute atomic E-state index is 11.5. The number of hydrogen-bond donors (Lipinski definition) is 1. The van der Waals surface area contributed by atoms with E-state index >= 15 is 0 Å². The van der Waals surface area contributed by atoms with Crippen LogP contribution in [0.4, 0.5) is 0 Å². The molecule has 0 atom stereocenters. The van der Waals surface area contributed by atoms with Gasteiger partial charge in [0.15, 0.2) is 0 Å². The molecule has 6 heteroatoms. The van der Waals surface area contributed by atoms with Gasteiger partial charge in [-0.2, -0.15) is 0 Å². The van der Waals surface area contributed by atoms with Crippen LogP contribution in [0.3, 0.4) is 0 Å². The highest BCUT2D eigenvalue weighted by Crippen LogP contribution is 2.23. The van der Waals surface area contributed by atoms with Gasteiger partial charge < -0.3 is 9.47 Å². The molecule has 0 radical (unpaired) electrons. The minimum Gasteiger partial charge on any atom is -0.490 e. The fraction of sp³-hybridized carbons (Fsp3) is 0.538. The molecule has 1 rings (SSSR count). The van der Waals surface area contributed by atoms with Crippen LogP contribution in [-0.2, 0) is 14.8 Å². The van der Waals surface area contributed by atoms with Gasteiger partial charge in [-0.05, 0) is 45.4 Å². The van der Waals surface area contributed by atoms with Gasteiger partial charge in [0.05, 0.1) is 12.2 Å². The molecule has 108 valence electrons. The molecular formula is C13H21NO4S. The molecule has 1 aromatic rings. The molecule has 0 heterocycles. The highest BCUT2D eigenvalue weighted by Gasteiger charge is 2.16. The Balaban J connectivity index is 2.74. The first-order chi connectivity index (χ1) is 8.59. The topological polar surface area (TPSA) is 78.6 Å². The predicted molar refractivity (Wildman–Crippen MR) is 73.8 cm³/mol. The first kappa shape index (κ1) is 15.9. The van der Waals surface area contributed by atoms with E-state index in [2.05, 4.69) is 0 Å². The van der Waals surface area contributed by atoms with Crippen molar-refractivity contribution in [3.8, 4) is 5.75 Å². The maximum atomic E-state index is 11.5. The van der Waals surface area contributed by atoms with Crippen LogP contribution in [-0.4, -0.2) is 27.2 Å². The second kappa shape index (κ2) is 5.90. The zero-order valence-electron chi connectivity index (χ0n) is 11.8. The van der Waals surface area contributed by atoms with Gasteiger partial charge in [-0.25, -0.2) is 13.6 Å². The van der Waals surface area contributed by atoms with Gasteiger partial charge in [0.25, 0.3) is 0 Å². The van der Waals surface area contributed by atoms with E-state index in [4.69, 9.17) is 14.6 Å². The number of benzene rings is 1. The molecule has 0 amide bonds. The Labute approximate surface area is 114 Å². The zero-order chi connectivity index (χ0) is 14.7. The summed E-state index contributed by atoms with van der Waals surface area (Å²) >= 11 is 0. The van der Waals surface area contributed by atoms with Crippen LogP contribution in [0.2, 0.25) is 0 Å². The zero-order valence-corrected chi connectivity index (χ0v) is 12.6. The molecule has 0 saturated carbocycles. The Hall–Kier alpha value is -1.11. The number of sulfonamides is 1. The third kappa shape index (κ3) is 5.59. The van der Waals surface area contributed by atoms with Gasteiger partial charge in [0.1, 0.15) is 17.3 Å². The molecule has 2 N–H and O–H groups in total. The van der Waals surface area contributed by atoms with Gasteiger partial charge in [-0.15, -0.1) is 0 Å². The molecule has 5 nitrogen and oxygen atoms in total. The van der Waals surface area contributed by atoms with Crippen LogP contribution < -0.4 is 9.88 Å². The first-order valence-electron chi connectivity index (χ1n) is 6.00. The third-order valence-electron chi connectivity index (χ3n) is 2.28. The molecule has 0 aliphatic carbocycles. The molecule has 0 unspecified atom stereocenters. The van der Waals surface area contributed by atoms with Crippen LogP contribution in [0.25, 0.3) is 0 Å². The van der Waals surface area contributed by atoms with Crippen molar-refractivity contribution in [2.24, 2.45) is 5.14 Å². The fourth-order valence-corrected chi connectivity index (χ4v) is 2.21.